The average molecular weight is 515 g/mol. The number of anilines is 1. The fourth-order valence-corrected chi connectivity index (χ4v) is 4.27. The molecule has 3 aromatic rings. The van der Waals surface area contributed by atoms with Crippen LogP contribution in [0.5, 0.6) is 5.75 Å². The molecule has 1 aliphatic rings. The first-order chi connectivity index (χ1) is 17.3. The number of halogens is 2. The van der Waals surface area contributed by atoms with Crippen molar-refractivity contribution in [3.05, 3.63) is 58.5 Å². The summed E-state index contributed by atoms with van der Waals surface area (Å²) >= 11 is 5.82. The number of hydrogen-bond donors (Lipinski definition) is 1. The highest BCUT2D eigenvalue weighted by Crippen LogP contribution is 2.30. The number of carbonyl (C=O) groups excluding carboxylic acids is 1. The number of rotatable bonds is 9. The Hall–Kier alpha value is -2.97. The number of benzene rings is 2. The zero-order chi connectivity index (χ0) is 25.7. The number of fused-ring (bicyclic) bond motifs is 1. The van der Waals surface area contributed by atoms with Crippen LogP contribution < -0.4 is 15.0 Å². The number of ether oxygens (including phenoxy) is 2. The van der Waals surface area contributed by atoms with Gasteiger partial charge in [0.15, 0.2) is 0 Å². The lowest BCUT2D eigenvalue weighted by molar-refractivity contribution is 0.0952. The number of amides is 1. The van der Waals surface area contributed by atoms with E-state index in [4.69, 9.17) is 26.1 Å². The van der Waals surface area contributed by atoms with Crippen LogP contribution in [-0.2, 0) is 4.74 Å². The third kappa shape index (κ3) is 6.42. The van der Waals surface area contributed by atoms with Crippen LogP contribution in [-0.4, -0.2) is 48.7 Å². The molecule has 4 rings (SSSR count). The van der Waals surface area contributed by atoms with Crippen molar-refractivity contribution in [2.75, 3.05) is 37.7 Å². The lowest BCUT2D eigenvalue weighted by Crippen LogP contribution is -2.36. The SMILES string of the molecule is CC(C)CCCNC(=O)c1cc(C(C)Oc2ccc(Cl)c(F)c2)c2nc(N3CCOCC3)cnc2c1. The summed E-state index contributed by atoms with van der Waals surface area (Å²) in [6.07, 6.45) is 3.15. The minimum Gasteiger partial charge on any atom is -0.486 e. The highest BCUT2D eigenvalue weighted by atomic mass is 35.5. The molecule has 0 saturated carbocycles. The van der Waals surface area contributed by atoms with Crippen LogP contribution in [0.25, 0.3) is 11.0 Å². The monoisotopic (exact) mass is 514 g/mol. The third-order valence-electron chi connectivity index (χ3n) is 6.15. The third-order valence-corrected chi connectivity index (χ3v) is 6.45. The zero-order valence-corrected chi connectivity index (χ0v) is 21.6. The van der Waals surface area contributed by atoms with E-state index in [1.54, 1.807) is 24.4 Å². The van der Waals surface area contributed by atoms with Crippen molar-refractivity contribution < 1.29 is 18.7 Å². The molecule has 0 bridgehead atoms. The van der Waals surface area contributed by atoms with Gasteiger partial charge in [-0.3, -0.25) is 9.78 Å². The Kier molecular flexibility index (Phi) is 8.59. The van der Waals surface area contributed by atoms with Crippen LogP contribution in [0, 0.1) is 11.7 Å². The lowest BCUT2D eigenvalue weighted by atomic mass is 10.0. The van der Waals surface area contributed by atoms with Gasteiger partial charge in [0.05, 0.1) is 35.5 Å². The van der Waals surface area contributed by atoms with Crippen molar-refractivity contribution in [3.8, 4) is 5.75 Å². The Morgan fingerprint density at radius 1 is 1.22 bits per heavy atom. The number of morpholine rings is 1. The molecule has 1 saturated heterocycles. The maximum absolute atomic E-state index is 14.0. The summed E-state index contributed by atoms with van der Waals surface area (Å²) in [7, 11) is 0. The molecule has 1 unspecified atom stereocenters. The van der Waals surface area contributed by atoms with Crippen molar-refractivity contribution in [2.24, 2.45) is 5.92 Å². The molecule has 36 heavy (non-hydrogen) atoms. The Bertz CT molecular complexity index is 1220. The van der Waals surface area contributed by atoms with Crippen LogP contribution >= 0.6 is 11.6 Å². The summed E-state index contributed by atoms with van der Waals surface area (Å²) in [4.78, 5) is 24.6. The van der Waals surface area contributed by atoms with Gasteiger partial charge in [-0.2, -0.15) is 0 Å². The molecule has 1 N–H and O–H groups in total. The van der Waals surface area contributed by atoms with Crippen molar-refractivity contribution >= 4 is 34.4 Å². The summed E-state index contributed by atoms with van der Waals surface area (Å²) in [5.41, 5.74) is 2.40. The highest BCUT2D eigenvalue weighted by Gasteiger charge is 2.20. The van der Waals surface area contributed by atoms with Crippen LogP contribution in [0.3, 0.4) is 0 Å². The Labute approximate surface area is 216 Å². The molecule has 192 valence electrons. The minimum absolute atomic E-state index is 0.0256. The van der Waals surface area contributed by atoms with Gasteiger partial charge in [0.25, 0.3) is 5.91 Å². The van der Waals surface area contributed by atoms with E-state index in [0.29, 0.717) is 53.6 Å². The van der Waals surface area contributed by atoms with Crippen LogP contribution in [0.1, 0.15) is 55.6 Å². The van der Waals surface area contributed by atoms with Gasteiger partial charge in [-0.15, -0.1) is 0 Å². The van der Waals surface area contributed by atoms with Gasteiger partial charge in [-0.1, -0.05) is 25.4 Å². The lowest BCUT2D eigenvalue weighted by Gasteiger charge is -2.28. The predicted octanol–water partition coefficient (Wildman–Crippen LogP) is 5.56. The Morgan fingerprint density at radius 3 is 2.72 bits per heavy atom. The molecule has 9 heteroatoms. The smallest absolute Gasteiger partial charge is 0.251 e. The van der Waals surface area contributed by atoms with Gasteiger partial charge in [-0.25, -0.2) is 9.37 Å². The van der Waals surface area contributed by atoms with E-state index in [-0.39, 0.29) is 10.9 Å². The van der Waals surface area contributed by atoms with Crippen LogP contribution in [0.2, 0.25) is 5.02 Å². The normalized spacial score (nSPS) is 14.8. The first-order valence-corrected chi connectivity index (χ1v) is 12.7. The Morgan fingerprint density at radius 2 is 2.00 bits per heavy atom. The molecule has 7 nitrogen and oxygen atoms in total. The second-order valence-electron chi connectivity index (χ2n) is 9.39. The molecule has 0 radical (unpaired) electrons. The highest BCUT2D eigenvalue weighted by molar-refractivity contribution is 6.30. The molecular formula is C27H32ClFN4O3. The molecule has 1 fully saturated rings. The largest absolute Gasteiger partial charge is 0.486 e. The quantitative estimate of drug-likeness (QED) is 0.376. The summed E-state index contributed by atoms with van der Waals surface area (Å²) in [5.74, 6) is 0.919. The number of nitrogens with one attached hydrogen (secondary N) is 1. The first kappa shape index (κ1) is 26.1. The van der Waals surface area contributed by atoms with Crippen molar-refractivity contribution in [1.82, 2.24) is 15.3 Å². The molecule has 1 aliphatic heterocycles. The molecule has 1 aromatic heterocycles. The van der Waals surface area contributed by atoms with E-state index >= 15 is 0 Å². The van der Waals surface area contributed by atoms with Gasteiger partial charge in [0.1, 0.15) is 23.5 Å². The number of carbonyl (C=O) groups is 1. The van der Waals surface area contributed by atoms with E-state index in [1.165, 1.54) is 12.1 Å². The molecular weight excluding hydrogens is 483 g/mol. The Balaban J connectivity index is 1.66. The van der Waals surface area contributed by atoms with E-state index in [0.717, 1.165) is 31.7 Å². The van der Waals surface area contributed by atoms with Gasteiger partial charge in [0.2, 0.25) is 0 Å². The number of nitrogens with zero attached hydrogens (tertiary/aromatic N) is 3. The molecule has 1 atom stereocenters. The van der Waals surface area contributed by atoms with Crippen LogP contribution in [0.4, 0.5) is 10.2 Å². The maximum atomic E-state index is 14.0. The summed E-state index contributed by atoms with van der Waals surface area (Å²) in [6.45, 7) is 9.47. The van der Waals surface area contributed by atoms with Crippen molar-refractivity contribution in [3.63, 3.8) is 0 Å². The number of aromatic nitrogens is 2. The van der Waals surface area contributed by atoms with Crippen molar-refractivity contribution in [1.29, 1.82) is 0 Å². The fraction of sp³-hybridized carbons (Fsp3) is 0.444. The minimum atomic E-state index is -0.560. The molecule has 1 amide bonds. The second-order valence-corrected chi connectivity index (χ2v) is 9.80. The molecule has 0 aliphatic carbocycles. The summed E-state index contributed by atoms with van der Waals surface area (Å²) < 4.78 is 25.5. The van der Waals surface area contributed by atoms with E-state index in [9.17, 15) is 9.18 Å². The van der Waals surface area contributed by atoms with E-state index < -0.39 is 11.9 Å². The fourth-order valence-electron chi connectivity index (χ4n) is 4.15. The second kappa shape index (κ2) is 11.8. The first-order valence-electron chi connectivity index (χ1n) is 12.3. The molecule has 0 spiro atoms. The van der Waals surface area contributed by atoms with Gasteiger partial charge in [-0.05, 0) is 49.9 Å². The summed E-state index contributed by atoms with van der Waals surface area (Å²) in [5, 5.41) is 3.02. The molecule has 2 heterocycles. The van der Waals surface area contributed by atoms with E-state index in [1.807, 2.05) is 6.92 Å². The zero-order valence-electron chi connectivity index (χ0n) is 20.9. The van der Waals surface area contributed by atoms with E-state index in [2.05, 4.69) is 29.0 Å². The summed E-state index contributed by atoms with van der Waals surface area (Å²) in [6, 6.07) is 7.85. The standard InChI is InChI=1S/C27H32ClFN4O3/c1-17(2)5-4-8-30-27(34)19-13-21(18(3)36-20-6-7-22(28)23(29)15-20)26-24(14-19)31-16-25(32-26)33-9-11-35-12-10-33/h6-7,13-18H,4-5,8-12H2,1-3H3,(H,30,34). The van der Waals surface area contributed by atoms with Gasteiger partial charge < -0.3 is 19.7 Å². The van der Waals surface area contributed by atoms with Crippen molar-refractivity contribution in [2.45, 2.75) is 39.7 Å². The van der Waals surface area contributed by atoms with Crippen LogP contribution in [0.15, 0.2) is 36.5 Å². The predicted molar refractivity (Wildman–Crippen MR) is 139 cm³/mol. The van der Waals surface area contributed by atoms with Gasteiger partial charge in [0, 0.05) is 36.8 Å². The number of hydrogen-bond acceptors (Lipinski definition) is 6. The van der Waals surface area contributed by atoms with Gasteiger partial charge >= 0.3 is 0 Å². The average Bonchev–Trinajstić information content (AvgIpc) is 2.88. The maximum Gasteiger partial charge on any atom is 0.251 e. The topological polar surface area (TPSA) is 76.6 Å². The molecule has 2 aromatic carbocycles.